The Morgan fingerprint density at radius 2 is 1.74 bits per heavy atom. The molecule has 3 aliphatic heterocycles. The molecule has 2 saturated heterocycles. The van der Waals surface area contributed by atoms with Crippen LogP contribution in [0.3, 0.4) is 0 Å². The Balaban J connectivity index is 1.40. The molecular weight excluding hydrogens is 416 g/mol. The molecule has 1 amide bonds. The molecule has 8 nitrogen and oxygen atoms in total. The number of morpholine rings is 2. The summed E-state index contributed by atoms with van der Waals surface area (Å²) in [6.07, 6.45) is 0.812. The van der Waals surface area contributed by atoms with Crippen LogP contribution in [0, 0.1) is 0 Å². The molecule has 2 fully saturated rings. The number of aromatic nitrogens is 1. The predicted octanol–water partition coefficient (Wildman–Crippen LogP) is 2.78. The number of ether oxygens (including phenoxy) is 3. The van der Waals surface area contributed by atoms with Crippen LogP contribution in [0.15, 0.2) is 17.5 Å². The molecule has 166 valence electrons. The molecule has 0 aliphatic carbocycles. The molecule has 1 aromatic heterocycles. The first kappa shape index (κ1) is 20.5. The van der Waals surface area contributed by atoms with E-state index in [9.17, 15) is 4.79 Å². The minimum Gasteiger partial charge on any atom is -0.487 e. The Bertz CT molecular complexity index is 964. The van der Waals surface area contributed by atoms with Crippen LogP contribution in [0.4, 0.5) is 16.5 Å². The largest absolute Gasteiger partial charge is 0.487 e. The molecule has 0 atom stereocenters. The van der Waals surface area contributed by atoms with Crippen molar-refractivity contribution in [2.75, 3.05) is 67.7 Å². The molecule has 0 unspecified atom stereocenters. The number of anilines is 3. The number of fused-ring (bicyclic) bond motifs is 1. The molecule has 0 saturated carbocycles. The van der Waals surface area contributed by atoms with E-state index < -0.39 is 0 Å². The lowest BCUT2D eigenvalue weighted by molar-refractivity contribution is 0.102. The average molecular weight is 445 g/mol. The van der Waals surface area contributed by atoms with E-state index in [0.29, 0.717) is 32.1 Å². The maximum atomic E-state index is 13.1. The first-order valence-electron chi connectivity index (χ1n) is 10.8. The second-order valence-corrected chi connectivity index (χ2v) is 9.52. The number of nitrogens with zero attached hydrogens (tertiary/aromatic N) is 3. The van der Waals surface area contributed by atoms with E-state index in [2.05, 4.69) is 46.1 Å². The van der Waals surface area contributed by atoms with Crippen molar-refractivity contribution in [2.45, 2.75) is 25.9 Å². The van der Waals surface area contributed by atoms with Gasteiger partial charge in [-0.15, -0.1) is 11.3 Å². The first-order chi connectivity index (χ1) is 15.0. The fourth-order valence-corrected chi connectivity index (χ4v) is 5.12. The van der Waals surface area contributed by atoms with Crippen LogP contribution in [0.1, 0.15) is 29.9 Å². The number of rotatable bonds is 4. The van der Waals surface area contributed by atoms with E-state index in [1.54, 1.807) is 0 Å². The van der Waals surface area contributed by atoms with Gasteiger partial charge >= 0.3 is 0 Å². The Kier molecular flexibility index (Phi) is 5.49. The Morgan fingerprint density at radius 3 is 2.45 bits per heavy atom. The minimum atomic E-state index is -0.241. The van der Waals surface area contributed by atoms with Gasteiger partial charge in [-0.25, -0.2) is 4.98 Å². The molecular formula is C22H28N4O4S. The Morgan fingerprint density at radius 1 is 1.06 bits per heavy atom. The summed E-state index contributed by atoms with van der Waals surface area (Å²) in [4.78, 5) is 22.1. The minimum absolute atomic E-state index is 0.191. The third-order valence-electron chi connectivity index (χ3n) is 5.79. The topological polar surface area (TPSA) is 76.2 Å². The molecule has 5 rings (SSSR count). The van der Waals surface area contributed by atoms with E-state index in [1.165, 1.54) is 11.3 Å². The number of benzene rings is 1. The van der Waals surface area contributed by atoms with E-state index in [1.807, 2.05) is 5.38 Å². The zero-order valence-corrected chi connectivity index (χ0v) is 18.8. The fraction of sp³-hybridized carbons (Fsp3) is 0.545. The Labute approximate surface area is 186 Å². The number of hydrogen-bond donors (Lipinski definition) is 1. The lowest BCUT2D eigenvalue weighted by atomic mass is 10.0. The Hall–Kier alpha value is -2.36. The van der Waals surface area contributed by atoms with Gasteiger partial charge < -0.3 is 29.3 Å². The van der Waals surface area contributed by atoms with Crippen molar-refractivity contribution < 1.29 is 19.0 Å². The summed E-state index contributed by atoms with van der Waals surface area (Å²) in [5.41, 5.74) is 3.08. The second kappa shape index (κ2) is 8.29. The van der Waals surface area contributed by atoms with Crippen molar-refractivity contribution in [1.29, 1.82) is 0 Å². The number of carbonyl (C=O) groups excluding carboxylic acids is 1. The zero-order chi connectivity index (χ0) is 21.4. The van der Waals surface area contributed by atoms with Gasteiger partial charge in [0.1, 0.15) is 17.0 Å². The van der Waals surface area contributed by atoms with Gasteiger partial charge in [0.25, 0.3) is 5.91 Å². The monoisotopic (exact) mass is 444 g/mol. The van der Waals surface area contributed by atoms with E-state index in [0.717, 1.165) is 60.4 Å². The standard InChI is InChI=1S/C22H28N4O4S/c1-22(2)13-15-11-16(18(12-19(15)30-22)25-3-7-28-8-4-25)23-20(27)17-14-31-21(24-17)26-5-9-29-10-6-26/h11-12,14H,3-10,13H2,1-2H3,(H,23,27). The van der Waals surface area contributed by atoms with Crippen molar-refractivity contribution in [1.82, 2.24) is 4.98 Å². The molecule has 1 aromatic carbocycles. The van der Waals surface area contributed by atoms with Crippen LogP contribution in [0.5, 0.6) is 5.75 Å². The van der Waals surface area contributed by atoms with Gasteiger partial charge in [0.15, 0.2) is 5.13 Å². The number of hydrogen-bond acceptors (Lipinski definition) is 8. The lowest BCUT2D eigenvalue weighted by Crippen LogP contribution is -2.37. The van der Waals surface area contributed by atoms with Crippen LogP contribution < -0.4 is 19.9 Å². The summed E-state index contributed by atoms with van der Waals surface area (Å²) in [6.45, 7) is 10.1. The summed E-state index contributed by atoms with van der Waals surface area (Å²) < 4.78 is 17.1. The highest BCUT2D eigenvalue weighted by Gasteiger charge is 2.32. The lowest BCUT2D eigenvalue weighted by Gasteiger charge is -2.31. The highest BCUT2D eigenvalue weighted by molar-refractivity contribution is 7.14. The van der Waals surface area contributed by atoms with Crippen molar-refractivity contribution in [3.63, 3.8) is 0 Å². The SMILES string of the molecule is CC1(C)Cc2cc(NC(=O)c3csc(N4CCOCC4)n3)c(N3CCOCC3)cc2O1. The van der Waals surface area contributed by atoms with Crippen molar-refractivity contribution in [3.8, 4) is 5.75 Å². The van der Waals surface area contributed by atoms with Crippen LogP contribution >= 0.6 is 11.3 Å². The van der Waals surface area contributed by atoms with Crippen molar-refractivity contribution >= 4 is 33.8 Å². The quantitative estimate of drug-likeness (QED) is 0.777. The number of carbonyl (C=O) groups is 1. The highest BCUT2D eigenvalue weighted by Crippen LogP contribution is 2.42. The van der Waals surface area contributed by atoms with Gasteiger partial charge in [-0.3, -0.25) is 4.79 Å². The molecule has 31 heavy (non-hydrogen) atoms. The third kappa shape index (κ3) is 4.35. The molecule has 4 heterocycles. The average Bonchev–Trinajstić information content (AvgIpc) is 3.38. The molecule has 0 bridgehead atoms. The molecule has 9 heteroatoms. The number of thiazole rings is 1. The van der Waals surface area contributed by atoms with E-state index >= 15 is 0 Å². The van der Waals surface area contributed by atoms with Crippen LogP contribution in [0.25, 0.3) is 0 Å². The summed E-state index contributed by atoms with van der Waals surface area (Å²) in [5, 5.41) is 5.82. The number of nitrogens with one attached hydrogen (secondary N) is 1. The molecule has 3 aliphatic rings. The molecule has 1 N–H and O–H groups in total. The summed E-state index contributed by atoms with van der Waals surface area (Å²) in [5.74, 6) is 0.705. The van der Waals surface area contributed by atoms with Crippen LogP contribution in [0.2, 0.25) is 0 Å². The maximum Gasteiger partial charge on any atom is 0.275 e. The van der Waals surface area contributed by atoms with Gasteiger partial charge in [-0.05, 0) is 19.9 Å². The summed E-state index contributed by atoms with van der Waals surface area (Å²) >= 11 is 1.50. The maximum absolute atomic E-state index is 13.1. The van der Waals surface area contributed by atoms with E-state index in [-0.39, 0.29) is 11.5 Å². The number of amides is 1. The highest BCUT2D eigenvalue weighted by atomic mass is 32.1. The first-order valence-corrected chi connectivity index (χ1v) is 11.6. The van der Waals surface area contributed by atoms with Gasteiger partial charge in [0, 0.05) is 49.6 Å². The zero-order valence-electron chi connectivity index (χ0n) is 18.0. The molecule has 0 radical (unpaired) electrons. The third-order valence-corrected chi connectivity index (χ3v) is 6.69. The van der Waals surface area contributed by atoms with Crippen LogP contribution in [-0.4, -0.2) is 69.1 Å². The van der Waals surface area contributed by atoms with E-state index in [4.69, 9.17) is 14.2 Å². The molecule has 2 aromatic rings. The van der Waals surface area contributed by atoms with Crippen LogP contribution in [-0.2, 0) is 15.9 Å². The molecule has 0 spiro atoms. The van der Waals surface area contributed by atoms with Gasteiger partial charge in [-0.1, -0.05) is 0 Å². The van der Waals surface area contributed by atoms with Gasteiger partial charge in [0.2, 0.25) is 0 Å². The second-order valence-electron chi connectivity index (χ2n) is 8.68. The smallest absolute Gasteiger partial charge is 0.275 e. The predicted molar refractivity (Wildman–Crippen MR) is 121 cm³/mol. The van der Waals surface area contributed by atoms with Gasteiger partial charge in [0.05, 0.1) is 37.8 Å². The fourth-order valence-electron chi connectivity index (χ4n) is 4.26. The van der Waals surface area contributed by atoms with Gasteiger partial charge in [-0.2, -0.15) is 0 Å². The normalized spacial score (nSPS) is 20.3. The summed E-state index contributed by atoms with van der Waals surface area (Å²) in [7, 11) is 0. The van der Waals surface area contributed by atoms with Crippen molar-refractivity contribution in [2.24, 2.45) is 0 Å². The summed E-state index contributed by atoms with van der Waals surface area (Å²) in [6, 6.07) is 4.12. The van der Waals surface area contributed by atoms with Crippen molar-refractivity contribution in [3.05, 3.63) is 28.8 Å².